The standard InChI is InChI=1S/C20H29FN4O2S/c1-19(2)11-15(12-20(3,4)23-19)24(5)18-22-25(21)16(28-18)13-7-9-14(10-8-13)17(26)27-6/h7-10,15-16,23H,11-12H2,1-6H3. The second-order valence-electron chi connectivity index (χ2n) is 8.82. The number of carbonyl (C=O) groups is 1. The number of carbonyl (C=O) groups excluding carboxylic acids is 1. The molecule has 3 rings (SSSR count). The lowest BCUT2D eigenvalue weighted by Crippen LogP contribution is -2.62. The number of ether oxygens (including phenoxy) is 1. The molecule has 0 aliphatic carbocycles. The molecule has 0 saturated carbocycles. The van der Waals surface area contributed by atoms with E-state index >= 15 is 0 Å². The maximum Gasteiger partial charge on any atom is 0.337 e. The van der Waals surface area contributed by atoms with Crippen LogP contribution >= 0.6 is 11.8 Å². The van der Waals surface area contributed by atoms with Gasteiger partial charge >= 0.3 is 5.97 Å². The zero-order chi connectivity index (χ0) is 20.7. The van der Waals surface area contributed by atoms with Crippen molar-refractivity contribution >= 4 is 22.9 Å². The molecule has 1 aromatic carbocycles. The summed E-state index contributed by atoms with van der Waals surface area (Å²) in [6.45, 7) is 8.80. The molecule has 1 aromatic rings. The van der Waals surface area contributed by atoms with E-state index in [4.69, 9.17) is 4.74 Å². The highest BCUT2D eigenvalue weighted by atomic mass is 32.2. The van der Waals surface area contributed by atoms with E-state index in [1.807, 2.05) is 7.05 Å². The molecule has 2 aliphatic rings. The van der Waals surface area contributed by atoms with E-state index in [0.29, 0.717) is 16.0 Å². The van der Waals surface area contributed by atoms with Crippen LogP contribution in [0.5, 0.6) is 0 Å². The summed E-state index contributed by atoms with van der Waals surface area (Å²) < 4.78 is 19.3. The monoisotopic (exact) mass is 408 g/mol. The maximum absolute atomic E-state index is 14.6. The Kier molecular flexibility index (Phi) is 5.64. The van der Waals surface area contributed by atoms with Crippen molar-refractivity contribution in [3.8, 4) is 0 Å². The number of benzene rings is 1. The van der Waals surface area contributed by atoms with E-state index in [9.17, 15) is 9.28 Å². The van der Waals surface area contributed by atoms with Crippen molar-refractivity contribution in [3.05, 3.63) is 35.4 Å². The van der Waals surface area contributed by atoms with Crippen LogP contribution in [0, 0.1) is 0 Å². The highest BCUT2D eigenvalue weighted by Gasteiger charge is 2.41. The van der Waals surface area contributed by atoms with Crippen LogP contribution in [0.4, 0.5) is 4.48 Å². The molecule has 28 heavy (non-hydrogen) atoms. The maximum atomic E-state index is 14.6. The van der Waals surface area contributed by atoms with Crippen molar-refractivity contribution in [3.63, 3.8) is 0 Å². The molecule has 8 heteroatoms. The molecule has 1 unspecified atom stereocenters. The van der Waals surface area contributed by atoms with Crippen LogP contribution in [0.25, 0.3) is 0 Å². The number of methoxy groups -OCH3 is 1. The molecule has 0 aromatic heterocycles. The first-order valence-electron chi connectivity index (χ1n) is 9.42. The van der Waals surface area contributed by atoms with Crippen molar-refractivity contribution in [2.45, 2.75) is 63.0 Å². The third kappa shape index (κ3) is 4.43. The number of rotatable bonds is 3. The highest BCUT2D eigenvalue weighted by molar-refractivity contribution is 8.14. The zero-order valence-electron chi connectivity index (χ0n) is 17.3. The summed E-state index contributed by atoms with van der Waals surface area (Å²) in [4.78, 5) is 13.7. The van der Waals surface area contributed by atoms with Crippen LogP contribution in [0.2, 0.25) is 0 Å². The van der Waals surface area contributed by atoms with Crippen molar-refractivity contribution in [1.82, 2.24) is 15.4 Å². The van der Waals surface area contributed by atoms with Gasteiger partial charge in [0.1, 0.15) is 0 Å². The Morgan fingerprint density at radius 1 is 1.25 bits per heavy atom. The molecule has 1 fully saturated rings. The van der Waals surface area contributed by atoms with Gasteiger partial charge in [0.25, 0.3) is 0 Å². The van der Waals surface area contributed by atoms with Gasteiger partial charge in [0.2, 0.25) is 0 Å². The van der Waals surface area contributed by atoms with E-state index in [1.54, 1.807) is 24.3 Å². The van der Waals surface area contributed by atoms with Crippen molar-refractivity contribution in [1.29, 1.82) is 0 Å². The number of amidine groups is 1. The van der Waals surface area contributed by atoms with Crippen molar-refractivity contribution in [2.24, 2.45) is 5.10 Å². The minimum atomic E-state index is -0.563. The Balaban J connectivity index is 1.72. The summed E-state index contributed by atoms with van der Waals surface area (Å²) in [6, 6.07) is 7.05. The fourth-order valence-electron chi connectivity index (χ4n) is 4.25. The first-order chi connectivity index (χ1) is 13.0. The van der Waals surface area contributed by atoms with E-state index in [1.165, 1.54) is 18.9 Å². The summed E-state index contributed by atoms with van der Waals surface area (Å²) in [5.41, 5.74) is 1.20. The van der Waals surface area contributed by atoms with Gasteiger partial charge in [-0.2, -0.15) is 0 Å². The fourth-order valence-corrected chi connectivity index (χ4v) is 5.31. The summed E-state index contributed by atoms with van der Waals surface area (Å²) >= 11 is 1.38. The lowest BCUT2D eigenvalue weighted by Gasteiger charge is -2.49. The lowest BCUT2D eigenvalue weighted by molar-refractivity contribution is 0.0177. The van der Waals surface area contributed by atoms with Crippen molar-refractivity contribution < 1.29 is 14.0 Å². The number of piperidine rings is 1. The molecular formula is C20H29FN4O2S. The molecule has 154 valence electrons. The highest BCUT2D eigenvalue weighted by Crippen LogP contribution is 2.42. The number of hydrazone groups is 1. The molecule has 0 spiro atoms. The van der Waals surface area contributed by atoms with Gasteiger partial charge in [-0.1, -0.05) is 28.4 Å². The predicted molar refractivity (Wildman–Crippen MR) is 111 cm³/mol. The Labute approximate surface area is 170 Å². The van der Waals surface area contributed by atoms with Gasteiger partial charge in [-0.05, 0) is 58.2 Å². The summed E-state index contributed by atoms with van der Waals surface area (Å²) in [5, 5.41) is 8.43. The van der Waals surface area contributed by atoms with Crippen LogP contribution in [0.1, 0.15) is 61.8 Å². The number of nitrogens with zero attached hydrogens (tertiary/aromatic N) is 3. The Morgan fingerprint density at radius 2 is 1.82 bits per heavy atom. The number of nitrogens with one attached hydrogen (secondary N) is 1. The predicted octanol–water partition coefficient (Wildman–Crippen LogP) is 3.92. The molecule has 1 atom stereocenters. The van der Waals surface area contributed by atoms with Gasteiger partial charge in [0.05, 0.1) is 12.7 Å². The average Bonchev–Trinajstić information content (AvgIpc) is 2.99. The Bertz CT molecular complexity index is 750. The fraction of sp³-hybridized carbons (Fsp3) is 0.600. The minimum Gasteiger partial charge on any atom is -0.465 e. The smallest absolute Gasteiger partial charge is 0.337 e. The molecule has 2 heterocycles. The van der Waals surface area contributed by atoms with Crippen LogP contribution in [0.15, 0.2) is 29.4 Å². The van der Waals surface area contributed by atoms with Gasteiger partial charge in [0.15, 0.2) is 10.5 Å². The van der Waals surface area contributed by atoms with Gasteiger partial charge < -0.3 is 15.0 Å². The van der Waals surface area contributed by atoms with Gasteiger partial charge in [0, 0.05) is 24.2 Å². The number of thioether (sulfide) groups is 1. The first-order valence-corrected chi connectivity index (χ1v) is 10.3. The average molecular weight is 409 g/mol. The van der Waals surface area contributed by atoms with E-state index < -0.39 is 11.3 Å². The quantitative estimate of drug-likeness (QED) is 0.604. The minimum absolute atomic E-state index is 0.00300. The van der Waals surface area contributed by atoms with E-state index in [0.717, 1.165) is 18.4 Å². The molecule has 0 amide bonds. The number of hydrogen-bond acceptors (Lipinski definition) is 7. The van der Waals surface area contributed by atoms with Crippen LogP contribution in [-0.2, 0) is 4.74 Å². The molecule has 0 radical (unpaired) electrons. The second-order valence-corrected chi connectivity index (χ2v) is 9.87. The molecule has 2 aliphatic heterocycles. The summed E-state index contributed by atoms with van der Waals surface area (Å²) in [7, 11) is 3.33. The third-order valence-corrected chi connectivity index (χ3v) is 6.48. The molecule has 1 saturated heterocycles. The number of hydrogen-bond donors (Lipinski definition) is 1. The third-order valence-electron chi connectivity index (χ3n) is 5.23. The molecule has 1 N–H and O–H groups in total. The van der Waals surface area contributed by atoms with Crippen LogP contribution < -0.4 is 5.32 Å². The van der Waals surface area contributed by atoms with Crippen LogP contribution in [0.3, 0.4) is 0 Å². The molecular weight excluding hydrogens is 379 g/mol. The van der Waals surface area contributed by atoms with Gasteiger partial charge in [-0.3, -0.25) is 0 Å². The van der Waals surface area contributed by atoms with E-state index in [2.05, 4.69) is 43.0 Å². The topological polar surface area (TPSA) is 57.2 Å². The molecule has 6 nitrogen and oxygen atoms in total. The zero-order valence-corrected chi connectivity index (χ0v) is 18.1. The normalized spacial score (nSPS) is 24.0. The lowest BCUT2D eigenvalue weighted by atomic mass is 9.79. The van der Waals surface area contributed by atoms with Crippen molar-refractivity contribution in [2.75, 3.05) is 14.2 Å². The number of halogens is 1. The Morgan fingerprint density at radius 3 is 2.36 bits per heavy atom. The summed E-state index contributed by atoms with van der Waals surface area (Å²) in [6.07, 6.45) is 1.91. The largest absolute Gasteiger partial charge is 0.465 e. The number of esters is 1. The summed E-state index contributed by atoms with van der Waals surface area (Å²) in [5.74, 6) is -0.407. The van der Waals surface area contributed by atoms with Crippen LogP contribution in [-0.4, -0.2) is 52.5 Å². The second kappa shape index (κ2) is 7.55. The first kappa shape index (κ1) is 20.9. The Hall–Kier alpha value is -1.80. The molecule has 0 bridgehead atoms. The van der Waals surface area contributed by atoms with Gasteiger partial charge in [-0.15, -0.1) is 10.3 Å². The van der Waals surface area contributed by atoms with E-state index in [-0.39, 0.29) is 17.1 Å². The SMILES string of the molecule is COC(=O)c1ccc(C2SC(N(C)C3CC(C)(C)NC(C)(C)C3)=NN2F)cc1. The van der Waals surface area contributed by atoms with Gasteiger partial charge in [-0.25, -0.2) is 4.79 Å².